The fourth-order valence-corrected chi connectivity index (χ4v) is 1.34. The van der Waals surface area contributed by atoms with Crippen molar-refractivity contribution in [1.29, 1.82) is 5.41 Å². The third kappa shape index (κ3) is 2.62. The van der Waals surface area contributed by atoms with E-state index in [1.54, 1.807) is 12.3 Å². The zero-order chi connectivity index (χ0) is 8.43. The third-order valence-electron chi connectivity index (χ3n) is 1.06. The topological polar surface area (TPSA) is 62.8 Å². The molecule has 66 valence electrons. The molecule has 0 saturated heterocycles. The molecule has 0 radical (unpaired) electrons. The van der Waals surface area contributed by atoms with E-state index in [2.05, 4.69) is 20.9 Å². The molecule has 3 nitrogen and oxygen atoms in total. The fourth-order valence-electron chi connectivity index (χ4n) is 0.613. The summed E-state index contributed by atoms with van der Waals surface area (Å²) < 4.78 is 0.771. The maximum absolute atomic E-state index is 7.06. The van der Waals surface area contributed by atoms with E-state index in [-0.39, 0.29) is 18.2 Å². The molecule has 0 aliphatic heterocycles. The van der Waals surface area contributed by atoms with Crippen molar-refractivity contribution in [1.82, 2.24) is 4.98 Å². The third-order valence-corrected chi connectivity index (χ3v) is 1.78. The van der Waals surface area contributed by atoms with Gasteiger partial charge in [0, 0.05) is 10.7 Å². The number of hydrogen-bond acceptors (Lipinski definition) is 2. The second kappa shape index (κ2) is 4.64. The van der Waals surface area contributed by atoms with Crippen LogP contribution in [-0.4, -0.2) is 10.8 Å². The van der Waals surface area contributed by atoms with Crippen LogP contribution in [0.3, 0.4) is 0 Å². The number of pyridine rings is 1. The van der Waals surface area contributed by atoms with Gasteiger partial charge in [0.15, 0.2) is 0 Å². The van der Waals surface area contributed by atoms with Gasteiger partial charge in [0.1, 0.15) is 11.5 Å². The first-order valence-corrected chi connectivity index (χ1v) is 3.94. The van der Waals surface area contributed by atoms with Gasteiger partial charge in [0.25, 0.3) is 0 Å². The number of nitrogen functional groups attached to an aromatic ring is 1. The fraction of sp³-hybridized carbons (Fsp3) is 0. The number of nitrogens with one attached hydrogen (secondary N) is 1. The van der Waals surface area contributed by atoms with E-state index >= 15 is 0 Å². The van der Waals surface area contributed by atoms with E-state index in [0.717, 1.165) is 4.47 Å². The van der Waals surface area contributed by atoms with Crippen LogP contribution in [0.25, 0.3) is 0 Å². The average molecular weight is 271 g/mol. The second-order valence-electron chi connectivity index (χ2n) is 1.90. The van der Waals surface area contributed by atoms with Crippen molar-refractivity contribution >= 4 is 45.8 Å². The van der Waals surface area contributed by atoms with Crippen LogP contribution in [-0.2, 0) is 0 Å². The standard InChI is InChI=1S/C6H5BrClN3.ClH/c7-3-1-4(8)5(6(9)10)11-2-3;/h1-2H,(H3,9,10);1H. The largest absolute Gasteiger partial charge is 0.382 e. The molecule has 1 rings (SSSR count). The van der Waals surface area contributed by atoms with Crippen molar-refractivity contribution in [3.63, 3.8) is 0 Å². The van der Waals surface area contributed by atoms with Crippen LogP contribution >= 0.6 is 39.9 Å². The first kappa shape index (κ1) is 11.7. The van der Waals surface area contributed by atoms with E-state index in [9.17, 15) is 0 Å². The van der Waals surface area contributed by atoms with Crippen molar-refractivity contribution in [2.75, 3.05) is 0 Å². The van der Waals surface area contributed by atoms with Crippen molar-refractivity contribution in [2.24, 2.45) is 5.73 Å². The van der Waals surface area contributed by atoms with Gasteiger partial charge in [-0.2, -0.15) is 0 Å². The summed E-state index contributed by atoms with van der Waals surface area (Å²) in [6.07, 6.45) is 1.54. The minimum absolute atomic E-state index is 0. The lowest BCUT2D eigenvalue weighted by atomic mass is 10.3. The van der Waals surface area contributed by atoms with Crippen LogP contribution in [0.15, 0.2) is 16.7 Å². The summed E-state index contributed by atoms with van der Waals surface area (Å²) >= 11 is 8.90. The minimum Gasteiger partial charge on any atom is -0.382 e. The quantitative estimate of drug-likeness (QED) is 0.607. The summed E-state index contributed by atoms with van der Waals surface area (Å²) in [6.45, 7) is 0. The number of halogens is 3. The monoisotopic (exact) mass is 269 g/mol. The van der Waals surface area contributed by atoms with Gasteiger partial charge in [-0.05, 0) is 22.0 Å². The van der Waals surface area contributed by atoms with Gasteiger partial charge in [-0.15, -0.1) is 12.4 Å². The second-order valence-corrected chi connectivity index (χ2v) is 3.22. The molecule has 0 atom stereocenters. The molecule has 0 fully saturated rings. The van der Waals surface area contributed by atoms with Gasteiger partial charge < -0.3 is 5.73 Å². The van der Waals surface area contributed by atoms with E-state index in [4.69, 9.17) is 22.7 Å². The van der Waals surface area contributed by atoms with Crippen LogP contribution in [0, 0.1) is 5.41 Å². The Morgan fingerprint density at radius 1 is 1.67 bits per heavy atom. The molecule has 0 aliphatic carbocycles. The predicted octanol–water partition coefficient (Wildman–Crippen LogP) is 2.20. The summed E-state index contributed by atoms with van der Waals surface area (Å²) in [4.78, 5) is 3.85. The Morgan fingerprint density at radius 3 is 2.67 bits per heavy atom. The molecule has 0 spiro atoms. The highest BCUT2D eigenvalue weighted by Gasteiger charge is 2.04. The molecule has 1 aromatic rings. The van der Waals surface area contributed by atoms with Crippen molar-refractivity contribution < 1.29 is 0 Å². The Balaban J connectivity index is 0.00000121. The lowest BCUT2D eigenvalue weighted by molar-refractivity contribution is 1.24. The summed E-state index contributed by atoms with van der Waals surface area (Å²) in [6, 6.07) is 1.64. The van der Waals surface area contributed by atoms with Crippen molar-refractivity contribution in [3.8, 4) is 0 Å². The summed E-state index contributed by atoms with van der Waals surface area (Å²) in [5.41, 5.74) is 5.50. The maximum Gasteiger partial charge on any atom is 0.143 e. The Kier molecular flexibility index (Phi) is 4.52. The molecule has 0 amide bonds. The summed E-state index contributed by atoms with van der Waals surface area (Å²) in [7, 11) is 0. The number of aromatic nitrogens is 1. The maximum atomic E-state index is 7.06. The molecule has 12 heavy (non-hydrogen) atoms. The van der Waals surface area contributed by atoms with E-state index in [1.165, 1.54) is 0 Å². The number of amidine groups is 1. The first-order chi connectivity index (χ1) is 5.11. The molecule has 6 heteroatoms. The highest BCUT2D eigenvalue weighted by molar-refractivity contribution is 9.10. The summed E-state index contributed by atoms with van der Waals surface area (Å²) in [5, 5.41) is 7.44. The van der Waals surface area contributed by atoms with Crippen LogP contribution in [0.2, 0.25) is 5.02 Å². The highest BCUT2D eigenvalue weighted by Crippen LogP contribution is 2.17. The van der Waals surface area contributed by atoms with Gasteiger partial charge >= 0.3 is 0 Å². The van der Waals surface area contributed by atoms with Crippen LogP contribution in [0.5, 0.6) is 0 Å². The average Bonchev–Trinajstić information content (AvgIpc) is 1.85. The Bertz CT molecular complexity index is 303. The molecule has 1 aromatic heterocycles. The van der Waals surface area contributed by atoms with Gasteiger partial charge in [0.2, 0.25) is 0 Å². The number of rotatable bonds is 1. The van der Waals surface area contributed by atoms with Crippen LogP contribution < -0.4 is 5.73 Å². The number of nitrogens with two attached hydrogens (primary N) is 1. The van der Waals surface area contributed by atoms with Crippen molar-refractivity contribution in [3.05, 3.63) is 27.5 Å². The molecule has 0 unspecified atom stereocenters. The smallest absolute Gasteiger partial charge is 0.143 e. The highest BCUT2D eigenvalue weighted by atomic mass is 79.9. The predicted molar refractivity (Wildman–Crippen MR) is 55.2 cm³/mol. The first-order valence-electron chi connectivity index (χ1n) is 2.76. The van der Waals surface area contributed by atoms with Gasteiger partial charge in [0.05, 0.1) is 5.02 Å². The molecule has 1 heterocycles. The normalized spacial score (nSPS) is 8.83. The zero-order valence-electron chi connectivity index (χ0n) is 5.84. The van der Waals surface area contributed by atoms with E-state index in [1.807, 2.05) is 0 Å². The lowest BCUT2D eigenvalue weighted by Gasteiger charge is -1.99. The van der Waals surface area contributed by atoms with Crippen molar-refractivity contribution in [2.45, 2.75) is 0 Å². The molecule has 3 N–H and O–H groups in total. The van der Waals surface area contributed by atoms with Crippen LogP contribution in [0.1, 0.15) is 5.69 Å². The Hall–Kier alpha value is -0.320. The zero-order valence-corrected chi connectivity index (χ0v) is 9.00. The van der Waals surface area contributed by atoms with Gasteiger partial charge in [-0.25, -0.2) is 0 Å². The van der Waals surface area contributed by atoms with Crippen LogP contribution in [0.4, 0.5) is 0 Å². The number of hydrogen-bond donors (Lipinski definition) is 2. The molecule has 0 aromatic carbocycles. The minimum atomic E-state index is -0.123. The molecule has 0 aliphatic rings. The molecular weight excluding hydrogens is 265 g/mol. The lowest BCUT2D eigenvalue weighted by Crippen LogP contribution is -2.13. The Morgan fingerprint density at radius 2 is 2.25 bits per heavy atom. The molecule has 0 bridgehead atoms. The van der Waals surface area contributed by atoms with E-state index in [0.29, 0.717) is 10.7 Å². The van der Waals surface area contributed by atoms with Gasteiger partial charge in [-0.3, -0.25) is 10.4 Å². The molecular formula is C6H6BrCl2N3. The Labute approximate surface area is 89.4 Å². The van der Waals surface area contributed by atoms with Gasteiger partial charge in [-0.1, -0.05) is 11.6 Å². The summed E-state index contributed by atoms with van der Waals surface area (Å²) in [5.74, 6) is -0.123. The SMILES string of the molecule is Cl.N=C(N)c1ncc(Br)cc1Cl. The van der Waals surface area contributed by atoms with E-state index < -0.39 is 0 Å². The molecule has 0 saturated carbocycles. The number of nitrogens with zero attached hydrogens (tertiary/aromatic N) is 1.